The third-order valence-corrected chi connectivity index (χ3v) is 5.81. The number of hydrogen-bond donors (Lipinski definition) is 3. The Morgan fingerprint density at radius 3 is 2.50 bits per heavy atom. The van der Waals surface area contributed by atoms with Gasteiger partial charge in [0, 0.05) is 0 Å². The van der Waals surface area contributed by atoms with Crippen LogP contribution in [0.5, 0.6) is 0 Å². The second-order valence-electron chi connectivity index (χ2n) is 6.44. The number of amides is 3. The van der Waals surface area contributed by atoms with Crippen LogP contribution in [-0.2, 0) is 4.79 Å². The molecule has 0 spiro atoms. The average molecular weight is 426 g/mol. The molecular weight excluding hydrogens is 405 g/mol. The topological polar surface area (TPSA) is 101 Å². The summed E-state index contributed by atoms with van der Waals surface area (Å²) in [5, 5.41) is 5.72. The Labute approximate surface area is 171 Å². The van der Waals surface area contributed by atoms with Gasteiger partial charge in [0.1, 0.15) is 11.9 Å². The van der Waals surface area contributed by atoms with Gasteiger partial charge >= 0.3 is 0 Å². The van der Waals surface area contributed by atoms with Gasteiger partial charge in [-0.25, -0.2) is 4.39 Å². The van der Waals surface area contributed by atoms with Gasteiger partial charge < -0.3 is 16.4 Å². The molecule has 2 unspecified atom stereocenters. The van der Waals surface area contributed by atoms with Crippen molar-refractivity contribution in [1.29, 1.82) is 0 Å². The van der Waals surface area contributed by atoms with Crippen LogP contribution in [0.3, 0.4) is 0 Å². The highest BCUT2D eigenvalue weighted by atomic mass is 35.5. The smallest absolute Gasteiger partial charge is 0.262 e. The molecule has 3 amide bonds. The molecular formula is C19H21ClFN3O3S. The summed E-state index contributed by atoms with van der Waals surface area (Å²) in [5.74, 6) is -2.21. The highest BCUT2D eigenvalue weighted by molar-refractivity contribution is 7.18. The van der Waals surface area contributed by atoms with Gasteiger partial charge in [-0.3, -0.25) is 14.4 Å². The van der Waals surface area contributed by atoms with E-state index in [4.69, 9.17) is 17.3 Å². The monoisotopic (exact) mass is 425 g/mol. The minimum Gasteiger partial charge on any atom is -0.368 e. The van der Waals surface area contributed by atoms with Crippen LogP contribution >= 0.6 is 22.9 Å². The Morgan fingerprint density at radius 2 is 1.93 bits per heavy atom. The molecule has 28 heavy (non-hydrogen) atoms. The van der Waals surface area contributed by atoms with Gasteiger partial charge in [0.15, 0.2) is 0 Å². The van der Waals surface area contributed by atoms with Crippen LogP contribution in [0.1, 0.15) is 45.9 Å². The molecule has 150 valence electrons. The SMILES string of the molecule is CCC(C)C(NC(=O)c1sc(NC(=O)c2ccc(F)cc2Cl)cc1C)C(N)=O. The molecule has 6 nitrogen and oxygen atoms in total. The molecule has 0 aliphatic heterocycles. The van der Waals surface area contributed by atoms with Crippen molar-refractivity contribution in [3.05, 3.63) is 51.1 Å². The first-order chi connectivity index (χ1) is 13.1. The molecule has 2 rings (SSSR count). The van der Waals surface area contributed by atoms with E-state index >= 15 is 0 Å². The number of anilines is 1. The summed E-state index contributed by atoms with van der Waals surface area (Å²) in [5.41, 5.74) is 6.14. The lowest BCUT2D eigenvalue weighted by atomic mass is 9.98. The van der Waals surface area contributed by atoms with Gasteiger partial charge in [-0.1, -0.05) is 31.9 Å². The highest BCUT2D eigenvalue weighted by Gasteiger charge is 2.26. The summed E-state index contributed by atoms with van der Waals surface area (Å²) >= 11 is 6.96. The molecule has 9 heteroatoms. The number of halogens is 2. The summed E-state index contributed by atoms with van der Waals surface area (Å²) in [4.78, 5) is 36.9. The van der Waals surface area contributed by atoms with Crippen LogP contribution in [0, 0.1) is 18.7 Å². The summed E-state index contributed by atoms with van der Waals surface area (Å²) in [6, 6.07) is 4.32. The molecule has 0 aliphatic carbocycles. The van der Waals surface area contributed by atoms with Crippen molar-refractivity contribution >= 4 is 45.7 Å². The molecule has 0 radical (unpaired) electrons. The maximum absolute atomic E-state index is 13.1. The fourth-order valence-electron chi connectivity index (χ4n) is 2.56. The van der Waals surface area contributed by atoms with E-state index < -0.39 is 29.6 Å². The van der Waals surface area contributed by atoms with Crippen molar-refractivity contribution in [3.63, 3.8) is 0 Å². The second-order valence-corrected chi connectivity index (χ2v) is 7.90. The first-order valence-corrected chi connectivity index (χ1v) is 9.80. The van der Waals surface area contributed by atoms with E-state index in [1.807, 2.05) is 13.8 Å². The number of carbonyl (C=O) groups is 3. The normalized spacial score (nSPS) is 12.9. The molecule has 1 aromatic heterocycles. The Morgan fingerprint density at radius 1 is 1.25 bits per heavy atom. The summed E-state index contributed by atoms with van der Waals surface area (Å²) in [7, 11) is 0. The first kappa shape index (κ1) is 21.8. The lowest BCUT2D eigenvalue weighted by molar-refractivity contribution is -0.120. The van der Waals surface area contributed by atoms with Gasteiger partial charge in [-0.15, -0.1) is 11.3 Å². The predicted molar refractivity (Wildman–Crippen MR) is 108 cm³/mol. The van der Waals surface area contributed by atoms with Crippen LogP contribution < -0.4 is 16.4 Å². The molecule has 0 saturated carbocycles. The zero-order valence-corrected chi connectivity index (χ0v) is 17.2. The number of aryl methyl sites for hydroxylation is 1. The Hall–Kier alpha value is -2.45. The number of nitrogens with two attached hydrogens (primary N) is 1. The largest absolute Gasteiger partial charge is 0.368 e. The average Bonchev–Trinajstić information content (AvgIpc) is 2.98. The number of rotatable bonds is 7. The third-order valence-electron chi connectivity index (χ3n) is 4.34. The standard InChI is InChI=1S/C19H21ClFN3O3S/c1-4-9(2)15(17(22)25)24-19(27)16-10(3)7-14(28-16)23-18(26)12-6-5-11(21)8-13(12)20/h5-9,15H,4H2,1-3H3,(H2,22,25)(H,23,26)(H,24,27). The zero-order chi connectivity index (χ0) is 21.0. The molecule has 0 fully saturated rings. The van der Waals surface area contributed by atoms with Crippen LogP contribution in [0.25, 0.3) is 0 Å². The van der Waals surface area contributed by atoms with Crippen molar-refractivity contribution in [1.82, 2.24) is 5.32 Å². The van der Waals surface area contributed by atoms with Crippen LogP contribution in [0.2, 0.25) is 5.02 Å². The number of carbonyl (C=O) groups excluding carboxylic acids is 3. The molecule has 0 bridgehead atoms. The number of nitrogens with one attached hydrogen (secondary N) is 2. The van der Waals surface area contributed by atoms with Crippen LogP contribution in [-0.4, -0.2) is 23.8 Å². The number of hydrogen-bond acceptors (Lipinski definition) is 4. The van der Waals surface area contributed by atoms with Crippen molar-refractivity contribution < 1.29 is 18.8 Å². The fourth-order valence-corrected chi connectivity index (χ4v) is 3.78. The maximum atomic E-state index is 13.1. The second kappa shape index (κ2) is 9.16. The quantitative estimate of drug-likeness (QED) is 0.629. The van der Waals surface area contributed by atoms with Gasteiger partial charge in [0.05, 0.1) is 20.5 Å². The van der Waals surface area contributed by atoms with Gasteiger partial charge in [-0.05, 0) is 42.7 Å². The van der Waals surface area contributed by atoms with Crippen molar-refractivity contribution in [2.24, 2.45) is 11.7 Å². The molecule has 0 saturated heterocycles. The Kier molecular flexibility index (Phi) is 7.15. The molecule has 2 aromatic rings. The van der Waals surface area contributed by atoms with E-state index in [0.29, 0.717) is 21.9 Å². The summed E-state index contributed by atoms with van der Waals surface area (Å²) in [6.45, 7) is 5.45. The fraction of sp³-hybridized carbons (Fsp3) is 0.316. The first-order valence-electron chi connectivity index (χ1n) is 8.61. The zero-order valence-electron chi connectivity index (χ0n) is 15.6. The van der Waals surface area contributed by atoms with Gasteiger partial charge in [-0.2, -0.15) is 0 Å². The summed E-state index contributed by atoms with van der Waals surface area (Å²) in [6.07, 6.45) is 0.678. The van der Waals surface area contributed by atoms with E-state index in [1.165, 1.54) is 6.07 Å². The van der Waals surface area contributed by atoms with Crippen molar-refractivity contribution in [2.75, 3.05) is 5.32 Å². The van der Waals surface area contributed by atoms with E-state index in [9.17, 15) is 18.8 Å². The summed E-state index contributed by atoms with van der Waals surface area (Å²) < 4.78 is 13.1. The number of benzene rings is 1. The van der Waals surface area contributed by atoms with E-state index in [-0.39, 0.29) is 16.5 Å². The van der Waals surface area contributed by atoms with Gasteiger partial charge in [0.25, 0.3) is 11.8 Å². The van der Waals surface area contributed by atoms with E-state index in [1.54, 1.807) is 13.0 Å². The van der Waals surface area contributed by atoms with E-state index in [0.717, 1.165) is 23.5 Å². The van der Waals surface area contributed by atoms with Crippen molar-refractivity contribution in [3.8, 4) is 0 Å². The Balaban J connectivity index is 2.16. The minimum absolute atomic E-state index is 0.0124. The highest BCUT2D eigenvalue weighted by Crippen LogP contribution is 2.28. The molecule has 1 aromatic carbocycles. The van der Waals surface area contributed by atoms with Crippen LogP contribution in [0.15, 0.2) is 24.3 Å². The van der Waals surface area contributed by atoms with Gasteiger partial charge in [0.2, 0.25) is 5.91 Å². The minimum atomic E-state index is -0.782. The lowest BCUT2D eigenvalue weighted by Crippen LogP contribution is -2.48. The van der Waals surface area contributed by atoms with Crippen molar-refractivity contribution in [2.45, 2.75) is 33.2 Å². The third kappa shape index (κ3) is 5.08. The van der Waals surface area contributed by atoms with E-state index in [2.05, 4.69) is 10.6 Å². The molecule has 4 N–H and O–H groups in total. The molecule has 1 heterocycles. The molecule has 2 atom stereocenters. The molecule has 0 aliphatic rings. The number of primary amides is 1. The Bertz CT molecular complexity index is 916. The van der Waals surface area contributed by atoms with Crippen LogP contribution in [0.4, 0.5) is 9.39 Å². The number of thiophene rings is 1. The maximum Gasteiger partial charge on any atom is 0.262 e. The predicted octanol–water partition coefficient (Wildman–Crippen LogP) is 3.73. The lowest BCUT2D eigenvalue weighted by Gasteiger charge is -2.20.